The molecule has 0 amide bonds. The molecule has 1 aromatic heterocycles. The fraction of sp³-hybridized carbons (Fsp3) is 0.812. The summed E-state index contributed by atoms with van der Waals surface area (Å²) >= 11 is 1.85. The zero-order valence-corrected chi connectivity index (χ0v) is 15.2. The van der Waals surface area contributed by atoms with Crippen molar-refractivity contribution in [2.75, 3.05) is 39.1 Å². The maximum atomic E-state index is 4.99. The number of nitrogens with zero attached hydrogens (tertiary/aromatic N) is 3. The molecule has 0 saturated carbocycles. The van der Waals surface area contributed by atoms with E-state index in [2.05, 4.69) is 50.0 Å². The molecule has 4 nitrogen and oxygen atoms in total. The van der Waals surface area contributed by atoms with Crippen LogP contribution in [0.15, 0.2) is 0 Å². The monoisotopic (exact) mass is 310 g/mol. The molecule has 2 rings (SSSR count). The third kappa shape index (κ3) is 3.96. The van der Waals surface area contributed by atoms with Gasteiger partial charge in [-0.1, -0.05) is 20.8 Å². The van der Waals surface area contributed by atoms with Crippen LogP contribution in [0.25, 0.3) is 0 Å². The van der Waals surface area contributed by atoms with Crippen LogP contribution >= 0.6 is 11.3 Å². The molecule has 1 saturated heterocycles. The predicted molar refractivity (Wildman–Crippen MR) is 92.5 cm³/mol. The van der Waals surface area contributed by atoms with E-state index >= 15 is 0 Å². The summed E-state index contributed by atoms with van der Waals surface area (Å²) in [4.78, 5) is 11.2. The average Bonchev–Trinajstić information content (AvgIpc) is 2.82. The SMILES string of the molecule is CNCc1sc(N(C)C2CCCN(C)C2)nc1C(C)(C)C. The number of rotatable bonds is 4. The van der Waals surface area contributed by atoms with Crippen molar-refractivity contribution in [1.82, 2.24) is 15.2 Å². The lowest BCUT2D eigenvalue weighted by molar-refractivity contribution is 0.248. The number of hydrogen-bond acceptors (Lipinski definition) is 5. The lowest BCUT2D eigenvalue weighted by atomic mass is 9.91. The Balaban J connectivity index is 2.22. The fourth-order valence-electron chi connectivity index (χ4n) is 2.97. The molecule has 2 heterocycles. The molecule has 21 heavy (non-hydrogen) atoms. The molecule has 1 aliphatic heterocycles. The van der Waals surface area contributed by atoms with Gasteiger partial charge in [0.15, 0.2) is 5.13 Å². The molecule has 0 bridgehead atoms. The van der Waals surface area contributed by atoms with Crippen LogP contribution in [-0.2, 0) is 12.0 Å². The van der Waals surface area contributed by atoms with E-state index in [9.17, 15) is 0 Å². The first-order chi connectivity index (χ1) is 9.82. The summed E-state index contributed by atoms with van der Waals surface area (Å²) < 4.78 is 0. The van der Waals surface area contributed by atoms with Crippen molar-refractivity contribution in [3.8, 4) is 0 Å². The summed E-state index contributed by atoms with van der Waals surface area (Å²) in [6.07, 6.45) is 2.55. The zero-order chi connectivity index (χ0) is 15.6. The average molecular weight is 311 g/mol. The lowest BCUT2D eigenvalue weighted by Gasteiger charge is -2.35. The van der Waals surface area contributed by atoms with E-state index in [1.807, 2.05) is 18.4 Å². The fourth-order valence-corrected chi connectivity index (χ4v) is 4.28. The summed E-state index contributed by atoms with van der Waals surface area (Å²) in [6, 6.07) is 0.588. The number of anilines is 1. The molecule has 1 aliphatic rings. The van der Waals surface area contributed by atoms with Gasteiger partial charge in [-0.3, -0.25) is 0 Å². The third-order valence-corrected chi connectivity index (χ3v) is 5.33. The van der Waals surface area contributed by atoms with Crippen molar-refractivity contribution < 1.29 is 0 Å². The number of aromatic nitrogens is 1. The van der Waals surface area contributed by atoms with Crippen molar-refractivity contribution in [1.29, 1.82) is 0 Å². The quantitative estimate of drug-likeness (QED) is 0.926. The standard InChI is InChI=1S/C16H30N4S/c1-16(2,3)14-13(10-17-4)21-15(18-14)20(6)12-8-7-9-19(5)11-12/h12,17H,7-11H2,1-6H3. The first-order valence-electron chi connectivity index (χ1n) is 7.89. The minimum Gasteiger partial charge on any atom is -0.347 e. The predicted octanol–water partition coefficient (Wildman–Crippen LogP) is 2.69. The van der Waals surface area contributed by atoms with E-state index in [4.69, 9.17) is 4.98 Å². The lowest BCUT2D eigenvalue weighted by Crippen LogP contribution is -2.45. The first-order valence-corrected chi connectivity index (χ1v) is 8.70. The Bertz CT molecular complexity index is 463. The maximum Gasteiger partial charge on any atom is 0.185 e. The Morgan fingerprint density at radius 3 is 2.71 bits per heavy atom. The van der Waals surface area contributed by atoms with Gasteiger partial charge < -0.3 is 15.1 Å². The number of likely N-dealkylation sites (N-methyl/N-ethyl adjacent to an activating group) is 2. The van der Waals surface area contributed by atoms with Gasteiger partial charge in [0.1, 0.15) is 0 Å². The van der Waals surface area contributed by atoms with Gasteiger partial charge in [-0.2, -0.15) is 0 Å². The van der Waals surface area contributed by atoms with Gasteiger partial charge in [0, 0.05) is 36.5 Å². The summed E-state index contributed by atoms with van der Waals surface area (Å²) in [5.41, 5.74) is 1.35. The topological polar surface area (TPSA) is 31.4 Å². The number of nitrogens with one attached hydrogen (secondary N) is 1. The van der Waals surface area contributed by atoms with Crippen LogP contribution in [0, 0.1) is 0 Å². The van der Waals surface area contributed by atoms with Crippen LogP contribution in [-0.4, -0.2) is 50.2 Å². The highest BCUT2D eigenvalue weighted by molar-refractivity contribution is 7.15. The van der Waals surface area contributed by atoms with Crippen LogP contribution in [0.1, 0.15) is 44.2 Å². The molecular formula is C16H30N4S. The van der Waals surface area contributed by atoms with Crippen LogP contribution < -0.4 is 10.2 Å². The highest BCUT2D eigenvalue weighted by Crippen LogP contribution is 2.34. The minimum absolute atomic E-state index is 0.102. The molecule has 1 fully saturated rings. The summed E-state index contributed by atoms with van der Waals surface area (Å²) in [5.74, 6) is 0. The molecule has 0 spiro atoms. The van der Waals surface area contributed by atoms with Crippen molar-refractivity contribution in [2.24, 2.45) is 0 Å². The molecular weight excluding hydrogens is 280 g/mol. The van der Waals surface area contributed by atoms with E-state index in [1.165, 1.54) is 35.1 Å². The summed E-state index contributed by atoms with van der Waals surface area (Å²) in [6.45, 7) is 10.0. The Kier molecular flexibility index (Phi) is 5.28. The number of likely N-dealkylation sites (tertiary alicyclic amines) is 1. The molecule has 1 atom stereocenters. The smallest absolute Gasteiger partial charge is 0.185 e. The molecule has 120 valence electrons. The van der Waals surface area contributed by atoms with Crippen LogP contribution in [0.4, 0.5) is 5.13 Å². The second-order valence-electron chi connectivity index (χ2n) is 7.22. The molecule has 0 radical (unpaired) electrons. The third-order valence-electron chi connectivity index (χ3n) is 4.18. The van der Waals surface area contributed by atoms with Crippen molar-refractivity contribution in [3.05, 3.63) is 10.6 Å². The summed E-state index contributed by atoms with van der Waals surface area (Å²) in [7, 11) is 6.43. The Labute approximate surface area is 133 Å². The Hall–Kier alpha value is -0.650. The van der Waals surface area contributed by atoms with E-state index < -0.39 is 0 Å². The molecule has 1 unspecified atom stereocenters. The maximum absolute atomic E-state index is 4.99. The van der Waals surface area contributed by atoms with Gasteiger partial charge in [0.2, 0.25) is 0 Å². The number of hydrogen-bond donors (Lipinski definition) is 1. The largest absolute Gasteiger partial charge is 0.347 e. The normalized spacial score (nSPS) is 20.8. The van der Waals surface area contributed by atoms with Gasteiger partial charge in [-0.05, 0) is 33.5 Å². The van der Waals surface area contributed by atoms with E-state index in [-0.39, 0.29) is 5.41 Å². The molecule has 0 aromatic carbocycles. The van der Waals surface area contributed by atoms with Gasteiger partial charge in [0.05, 0.1) is 5.69 Å². The van der Waals surface area contributed by atoms with E-state index in [0.29, 0.717) is 6.04 Å². The highest BCUT2D eigenvalue weighted by Gasteiger charge is 2.27. The number of thiazole rings is 1. The van der Waals surface area contributed by atoms with Gasteiger partial charge in [-0.25, -0.2) is 4.98 Å². The summed E-state index contributed by atoms with van der Waals surface area (Å²) in [5, 5.41) is 4.45. The number of piperidine rings is 1. The van der Waals surface area contributed by atoms with Gasteiger partial charge >= 0.3 is 0 Å². The second-order valence-corrected chi connectivity index (χ2v) is 8.28. The van der Waals surface area contributed by atoms with Gasteiger partial charge in [0.25, 0.3) is 0 Å². The Morgan fingerprint density at radius 2 is 2.14 bits per heavy atom. The second kappa shape index (κ2) is 6.63. The van der Waals surface area contributed by atoms with Gasteiger partial charge in [-0.15, -0.1) is 11.3 Å². The molecule has 1 N–H and O–H groups in total. The zero-order valence-electron chi connectivity index (χ0n) is 14.4. The van der Waals surface area contributed by atoms with E-state index in [0.717, 1.165) is 13.1 Å². The highest BCUT2D eigenvalue weighted by atomic mass is 32.1. The Morgan fingerprint density at radius 1 is 1.43 bits per heavy atom. The molecule has 5 heteroatoms. The van der Waals surface area contributed by atoms with E-state index in [1.54, 1.807) is 0 Å². The minimum atomic E-state index is 0.102. The molecule has 0 aliphatic carbocycles. The van der Waals surface area contributed by atoms with Crippen LogP contribution in [0.2, 0.25) is 0 Å². The van der Waals surface area contributed by atoms with Crippen LogP contribution in [0.3, 0.4) is 0 Å². The van der Waals surface area contributed by atoms with Crippen molar-refractivity contribution in [2.45, 2.75) is 51.6 Å². The first kappa shape index (κ1) is 16.7. The van der Waals surface area contributed by atoms with Crippen molar-refractivity contribution >= 4 is 16.5 Å². The molecule has 1 aromatic rings. The van der Waals surface area contributed by atoms with Crippen LogP contribution in [0.5, 0.6) is 0 Å². The van der Waals surface area contributed by atoms with Crippen molar-refractivity contribution in [3.63, 3.8) is 0 Å².